The molecular weight excluding hydrogens is 269 g/mol. The molecule has 1 aromatic rings. The molecular formula is C17H24FNO2. The Hall–Kier alpha value is -0.970. The van der Waals surface area contributed by atoms with Gasteiger partial charge in [0.1, 0.15) is 5.82 Å². The van der Waals surface area contributed by atoms with E-state index in [4.69, 9.17) is 15.2 Å². The Morgan fingerprint density at radius 2 is 1.90 bits per heavy atom. The first kappa shape index (κ1) is 14.9. The second-order valence-corrected chi connectivity index (χ2v) is 6.39. The lowest BCUT2D eigenvalue weighted by Crippen LogP contribution is -2.48. The van der Waals surface area contributed by atoms with E-state index < -0.39 is 0 Å². The molecule has 2 N–H and O–H groups in total. The van der Waals surface area contributed by atoms with Crippen LogP contribution in [0, 0.1) is 11.7 Å². The summed E-state index contributed by atoms with van der Waals surface area (Å²) in [4.78, 5) is 0. The Bertz CT molecular complexity index is 451. The van der Waals surface area contributed by atoms with Crippen LogP contribution in [0.2, 0.25) is 0 Å². The van der Waals surface area contributed by atoms with Crippen molar-refractivity contribution in [2.75, 3.05) is 19.8 Å². The molecule has 2 atom stereocenters. The Labute approximate surface area is 125 Å². The predicted molar refractivity (Wildman–Crippen MR) is 79.5 cm³/mol. The molecule has 2 unspecified atom stereocenters. The zero-order valence-electron chi connectivity index (χ0n) is 12.4. The van der Waals surface area contributed by atoms with E-state index in [0.717, 1.165) is 57.5 Å². The molecule has 1 spiro atoms. The van der Waals surface area contributed by atoms with Crippen LogP contribution in [0.1, 0.15) is 31.2 Å². The predicted octanol–water partition coefficient (Wildman–Crippen LogP) is 2.67. The second-order valence-electron chi connectivity index (χ2n) is 6.39. The quantitative estimate of drug-likeness (QED) is 0.932. The van der Waals surface area contributed by atoms with Crippen molar-refractivity contribution < 1.29 is 13.9 Å². The minimum Gasteiger partial charge on any atom is -0.381 e. The fourth-order valence-electron chi connectivity index (χ4n) is 3.58. The van der Waals surface area contributed by atoms with Crippen molar-refractivity contribution in [1.82, 2.24) is 0 Å². The number of hydrogen-bond acceptors (Lipinski definition) is 3. The molecule has 4 heteroatoms. The topological polar surface area (TPSA) is 44.5 Å². The molecule has 2 aliphatic rings. The minimum absolute atomic E-state index is 0.0123. The largest absolute Gasteiger partial charge is 0.381 e. The van der Waals surface area contributed by atoms with Crippen LogP contribution in [0.5, 0.6) is 0 Å². The Balaban J connectivity index is 1.61. The highest BCUT2D eigenvalue weighted by atomic mass is 19.1. The fraction of sp³-hybridized carbons (Fsp3) is 0.647. The normalized spacial score (nSPS) is 26.7. The van der Waals surface area contributed by atoms with Gasteiger partial charge in [0.15, 0.2) is 0 Å². The molecule has 0 saturated carbocycles. The summed E-state index contributed by atoms with van der Waals surface area (Å²) in [6.07, 6.45) is 4.81. The van der Waals surface area contributed by atoms with E-state index in [1.807, 2.05) is 12.1 Å². The van der Waals surface area contributed by atoms with Gasteiger partial charge in [0.25, 0.3) is 0 Å². The molecule has 3 nitrogen and oxygen atoms in total. The third kappa shape index (κ3) is 3.62. The highest BCUT2D eigenvalue weighted by molar-refractivity contribution is 5.17. The Morgan fingerprint density at radius 3 is 2.62 bits per heavy atom. The van der Waals surface area contributed by atoms with Gasteiger partial charge in [-0.2, -0.15) is 0 Å². The first-order chi connectivity index (χ1) is 10.2. The van der Waals surface area contributed by atoms with E-state index in [9.17, 15) is 4.39 Å². The molecule has 116 valence electrons. The van der Waals surface area contributed by atoms with E-state index in [0.29, 0.717) is 5.92 Å². The van der Waals surface area contributed by atoms with Crippen LogP contribution in [0.3, 0.4) is 0 Å². The molecule has 0 aromatic heterocycles. The van der Waals surface area contributed by atoms with Crippen LogP contribution < -0.4 is 5.73 Å². The number of ether oxygens (including phenoxy) is 2. The average Bonchev–Trinajstić information content (AvgIpc) is 2.50. The van der Waals surface area contributed by atoms with Gasteiger partial charge in [0.05, 0.1) is 5.60 Å². The molecule has 0 bridgehead atoms. The van der Waals surface area contributed by atoms with Gasteiger partial charge in [-0.15, -0.1) is 0 Å². The van der Waals surface area contributed by atoms with Crippen molar-refractivity contribution in [3.63, 3.8) is 0 Å². The number of rotatable bonds is 3. The molecule has 1 aromatic carbocycles. The van der Waals surface area contributed by atoms with Crippen molar-refractivity contribution in [1.29, 1.82) is 0 Å². The van der Waals surface area contributed by atoms with Gasteiger partial charge in [-0.1, -0.05) is 12.1 Å². The van der Waals surface area contributed by atoms with Crippen molar-refractivity contribution >= 4 is 0 Å². The first-order valence-electron chi connectivity index (χ1n) is 7.89. The molecule has 2 saturated heterocycles. The van der Waals surface area contributed by atoms with E-state index in [-0.39, 0.29) is 17.5 Å². The maximum absolute atomic E-state index is 13.0. The van der Waals surface area contributed by atoms with E-state index in [2.05, 4.69) is 0 Å². The highest BCUT2D eigenvalue weighted by Crippen LogP contribution is 2.38. The van der Waals surface area contributed by atoms with Gasteiger partial charge in [0.2, 0.25) is 0 Å². The first-order valence-corrected chi connectivity index (χ1v) is 7.89. The lowest BCUT2D eigenvalue weighted by molar-refractivity contribution is -0.149. The number of benzene rings is 1. The minimum atomic E-state index is -0.195. The standard InChI is InChI=1S/C17H24FNO2/c18-15-3-1-13(2-4-15)11-16(19)14-5-8-21-17(12-14)6-9-20-10-7-17/h1-4,14,16H,5-12,19H2. The van der Waals surface area contributed by atoms with Gasteiger partial charge < -0.3 is 15.2 Å². The van der Waals surface area contributed by atoms with E-state index in [1.165, 1.54) is 12.1 Å². The molecule has 0 aliphatic carbocycles. The fourth-order valence-corrected chi connectivity index (χ4v) is 3.58. The van der Waals surface area contributed by atoms with Crippen molar-refractivity contribution in [2.45, 2.75) is 43.7 Å². The van der Waals surface area contributed by atoms with Crippen molar-refractivity contribution in [3.8, 4) is 0 Å². The Morgan fingerprint density at radius 1 is 1.19 bits per heavy atom. The maximum atomic E-state index is 13.0. The number of hydrogen-bond donors (Lipinski definition) is 1. The lowest BCUT2D eigenvalue weighted by atomic mass is 9.77. The molecule has 2 heterocycles. The van der Waals surface area contributed by atoms with Crippen LogP contribution in [-0.4, -0.2) is 31.5 Å². The summed E-state index contributed by atoms with van der Waals surface area (Å²) in [6.45, 7) is 2.38. The van der Waals surface area contributed by atoms with Crippen LogP contribution in [0.25, 0.3) is 0 Å². The third-order valence-electron chi connectivity index (χ3n) is 4.93. The summed E-state index contributed by atoms with van der Waals surface area (Å²) < 4.78 is 24.5. The van der Waals surface area contributed by atoms with Crippen molar-refractivity contribution in [3.05, 3.63) is 35.6 Å². The van der Waals surface area contributed by atoms with Crippen LogP contribution in [0.15, 0.2) is 24.3 Å². The summed E-state index contributed by atoms with van der Waals surface area (Å²) in [6, 6.07) is 6.79. The zero-order chi connectivity index (χ0) is 14.7. The monoisotopic (exact) mass is 293 g/mol. The second kappa shape index (κ2) is 6.42. The van der Waals surface area contributed by atoms with Gasteiger partial charge in [0, 0.05) is 25.9 Å². The van der Waals surface area contributed by atoms with Gasteiger partial charge in [-0.25, -0.2) is 4.39 Å². The molecule has 3 rings (SSSR count). The van der Waals surface area contributed by atoms with Crippen LogP contribution in [0.4, 0.5) is 4.39 Å². The Kier molecular flexibility index (Phi) is 4.57. The smallest absolute Gasteiger partial charge is 0.123 e. The SMILES string of the molecule is NC(Cc1ccc(F)cc1)C1CCOC2(CCOCC2)C1. The molecule has 2 aliphatic heterocycles. The molecule has 2 fully saturated rings. The molecule has 0 radical (unpaired) electrons. The molecule has 0 amide bonds. The van der Waals surface area contributed by atoms with Crippen molar-refractivity contribution in [2.24, 2.45) is 11.7 Å². The third-order valence-corrected chi connectivity index (χ3v) is 4.93. The summed E-state index contributed by atoms with van der Waals surface area (Å²) in [7, 11) is 0. The zero-order valence-corrected chi connectivity index (χ0v) is 12.4. The van der Waals surface area contributed by atoms with E-state index >= 15 is 0 Å². The highest BCUT2D eigenvalue weighted by Gasteiger charge is 2.40. The summed E-state index contributed by atoms with van der Waals surface area (Å²) in [5, 5.41) is 0. The summed E-state index contributed by atoms with van der Waals surface area (Å²) in [5.74, 6) is 0.279. The lowest BCUT2D eigenvalue weighted by Gasteiger charge is -2.44. The van der Waals surface area contributed by atoms with E-state index in [1.54, 1.807) is 0 Å². The summed E-state index contributed by atoms with van der Waals surface area (Å²) in [5.41, 5.74) is 7.52. The van der Waals surface area contributed by atoms with Gasteiger partial charge in [-0.3, -0.25) is 0 Å². The molecule has 21 heavy (non-hydrogen) atoms. The number of halogens is 1. The maximum Gasteiger partial charge on any atom is 0.123 e. The van der Waals surface area contributed by atoms with Crippen LogP contribution in [-0.2, 0) is 15.9 Å². The van der Waals surface area contributed by atoms with Gasteiger partial charge >= 0.3 is 0 Å². The summed E-state index contributed by atoms with van der Waals surface area (Å²) >= 11 is 0. The van der Waals surface area contributed by atoms with Gasteiger partial charge in [-0.05, 0) is 55.7 Å². The average molecular weight is 293 g/mol. The van der Waals surface area contributed by atoms with Crippen LogP contribution >= 0.6 is 0 Å². The number of nitrogens with two attached hydrogens (primary N) is 1.